The maximum absolute atomic E-state index is 12.3. The highest BCUT2D eigenvalue weighted by molar-refractivity contribution is 5.81. The van der Waals surface area contributed by atoms with E-state index in [1.165, 1.54) is 0 Å². The normalized spacial score (nSPS) is 14.3. The van der Waals surface area contributed by atoms with Crippen LogP contribution in [0.5, 0.6) is 11.5 Å². The highest BCUT2D eigenvalue weighted by Gasteiger charge is 2.31. The van der Waals surface area contributed by atoms with Gasteiger partial charge in [-0.1, -0.05) is 12.1 Å². The molecule has 0 bridgehead atoms. The number of rotatable bonds is 4. The predicted molar refractivity (Wildman–Crippen MR) is 87.7 cm³/mol. The molecule has 0 saturated carbocycles. The molecule has 4 rings (SSSR count). The summed E-state index contributed by atoms with van der Waals surface area (Å²) in [7, 11) is 0. The van der Waals surface area contributed by atoms with Gasteiger partial charge in [0.05, 0.1) is 6.04 Å². The average Bonchev–Trinajstić information content (AvgIpc) is 3.29. The maximum Gasteiger partial charge on any atom is 0.321 e. The highest BCUT2D eigenvalue weighted by Crippen LogP contribution is 2.34. The van der Waals surface area contributed by atoms with Crippen molar-refractivity contribution < 1.29 is 14.3 Å². The minimum absolute atomic E-state index is 0.386. The lowest BCUT2D eigenvalue weighted by Gasteiger charge is -2.14. The smallest absolute Gasteiger partial charge is 0.321 e. The second-order valence-electron chi connectivity index (χ2n) is 5.53. The quantitative estimate of drug-likeness (QED) is 0.753. The molecule has 2 aromatic heterocycles. The number of H-pyrrole nitrogens is 1. The lowest BCUT2D eigenvalue weighted by Crippen LogP contribution is -2.41. The van der Waals surface area contributed by atoms with Gasteiger partial charge in [0.25, 0.3) is 0 Å². The molecule has 0 saturated heterocycles. The van der Waals surface area contributed by atoms with E-state index in [-0.39, 0.29) is 11.9 Å². The Morgan fingerprint density at radius 2 is 1.96 bits per heavy atom. The number of amides is 1. The van der Waals surface area contributed by atoms with Crippen molar-refractivity contribution >= 4 is 5.91 Å². The van der Waals surface area contributed by atoms with Crippen LogP contribution in [0.4, 0.5) is 0 Å². The van der Waals surface area contributed by atoms with Crippen LogP contribution >= 0.6 is 0 Å². The van der Waals surface area contributed by atoms with Crippen LogP contribution in [-0.2, 0) is 4.79 Å². The molecule has 1 aliphatic rings. The average molecular weight is 337 g/mol. The molecule has 8 nitrogen and oxygen atoms in total. The number of nitrogens with one attached hydrogen (secondary N) is 2. The fourth-order valence-electron chi connectivity index (χ4n) is 2.45. The van der Waals surface area contributed by atoms with Gasteiger partial charge in [-0.2, -0.15) is 5.10 Å². The van der Waals surface area contributed by atoms with Crippen LogP contribution in [0.1, 0.15) is 18.8 Å². The molecule has 0 fully saturated rings. The Bertz CT molecular complexity index is 871. The second-order valence-corrected chi connectivity index (χ2v) is 5.53. The minimum Gasteiger partial charge on any atom is -0.442 e. The van der Waals surface area contributed by atoms with Crippen LogP contribution in [0.3, 0.4) is 0 Å². The third kappa shape index (κ3) is 3.01. The first-order valence-electron chi connectivity index (χ1n) is 7.76. The summed E-state index contributed by atoms with van der Waals surface area (Å²) in [6, 6.07) is 10.4. The summed E-state index contributed by atoms with van der Waals surface area (Å²) in [4.78, 5) is 20.8. The van der Waals surface area contributed by atoms with Gasteiger partial charge in [0.1, 0.15) is 5.82 Å². The van der Waals surface area contributed by atoms with Gasteiger partial charge in [0.15, 0.2) is 17.3 Å². The van der Waals surface area contributed by atoms with Gasteiger partial charge >= 0.3 is 12.2 Å². The van der Waals surface area contributed by atoms with Gasteiger partial charge < -0.3 is 14.8 Å². The molecule has 1 amide bonds. The number of hydrogen-bond donors (Lipinski definition) is 2. The number of benzene rings is 1. The molecule has 0 spiro atoms. The molecule has 1 aromatic carbocycles. The van der Waals surface area contributed by atoms with Crippen LogP contribution in [-0.4, -0.2) is 32.4 Å². The Balaban J connectivity index is 1.42. The summed E-state index contributed by atoms with van der Waals surface area (Å²) in [6.07, 6.45) is 2.34. The zero-order valence-electron chi connectivity index (χ0n) is 13.3. The van der Waals surface area contributed by atoms with E-state index in [9.17, 15) is 4.79 Å². The zero-order valence-corrected chi connectivity index (χ0v) is 13.3. The van der Waals surface area contributed by atoms with Crippen LogP contribution in [0.15, 0.2) is 48.8 Å². The summed E-state index contributed by atoms with van der Waals surface area (Å²) >= 11 is 0. The van der Waals surface area contributed by atoms with E-state index in [2.05, 4.69) is 25.5 Å². The summed E-state index contributed by atoms with van der Waals surface area (Å²) in [5.41, 5.74) is 0.793. The van der Waals surface area contributed by atoms with Crippen molar-refractivity contribution in [2.45, 2.75) is 19.3 Å². The number of carbonyl (C=O) groups is 1. The minimum atomic E-state index is -1.01. The number of fused-ring (bicyclic) bond motifs is 1. The lowest BCUT2D eigenvalue weighted by atomic mass is 10.2. The molecule has 1 atom stereocenters. The standard InChI is InChI=1S/C17H15N5O3/c1-10(14-20-15(22-21-14)11-5-4-8-18-9-11)19-16(23)17-24-12-6-2-3-7-13(12)25-17/h2-10,17H,1H3,(H,19,23)(H,20,21,22)/t10-/m0/s1. The Kier molecular flexibility index (Phi) is 3.77. The first-order chi connectivity index (χ1) is 12.2. The number of hydrogen-bond acceptors (Lipinski definition) is 6. The first-order valence-corrected chi connectivity index (χ1v) is 7.76. The Hall–Kier alpha value is -3.42. The van der Waals surface area contributed by atoms with Gasteiger partial charge in [-0.05, 0) is 31.2 Å². The van der Waals surface area contributed by atoms with E-state index in [0.29, 0.717) is 23.1 Å². The molecule has 25 heavy (non-hydrogen) atoms. The topological polar surface area (TPSA) is 102 Å². The van der Waals surface area contributed by atoms with Crippen LogP contribution in [0.25, 0.3) is 11.4 Å². The van der Waals surface area contributed by atoms with Crippen molar-refractivity contribution in [1.82, 2.24) is 25.5 Å². The molecular weight excluding hydrogens is 322 g/mol. The first kappa shape index (κ1) is 15.1. The largest absolute Gasteiger partial charge is 0.442 e. The zero-order chi connectivity index (χ0) is 17.2. The van der Waals surface area contributed by atoms with Gasteiger partial charge in [0.2, 0.25) is 0 Å². The van der Waals surface area contributed by atoms with E-state index < -0.39 is 6.29 Å². The molecular formula is C17H15N5O3. The predicted octanol–water partition coefficient (Wildman–Crippen LogP) is 1.84. The van der Waals surface area contributed by atoms with Gasteiger partial charge in [-0.25, -0.2) is 4.98 Å². The highest BCUT2D eigenvalue weighted by atomic mass is 16.7. The van der Waals surface area contributed by atoms with Crippen molar-refractivity contribution in [2.24, 2.45) is 0 Å². The van der Waals surface area contributed by atoms with Crippen LogP contribution in [0, 0.1) is 0 Å². The SMILES string of the molecule is C[C@H](NC(=O)C1Oc2ccccc2O1)c1nc(-c2cccnc2)n[nH]1. The molecule has 8 heteroatoms. The molecule has 0 aliphatic carbocycles. The van der Waals surface area contributed by atoms with Gasteiger partial charge in [-0.3, -0.25) is 14.9 Å². The fraction of sp³-hybridized carbons (Fsp3) is 0.176. The third-order valence-electron chi connectivity index (χ3n) is 3.72. The maximum atomic E-state index is 12.3. The summed E-state index contributed by atoms with van der Waals surface area (Å²) in [5.74, 6) is 1.76. The summed E-state index contributed by atoms with van der Waals surface area (Å²) < 4.78 is 11.0. The van der Waals surface area contributed by atoms with E-state index in [0.717, 1.165) is 5.56 Å². The van der Waals surface area contributed by atoms with Crippen molar-refractivity contribution in [1.29, 1.82) is 0 Å². The number of aromatic amines is 1. The Morgan fingerprint density at radius 3 is 2.64 bits per heavy atom. The number of pyridine rings is 1. The Morgan fingerprint density at radius 1 is 1.20 bits per heavy atom. The van der Waals surface area contributed by atoms with Gasteiger partial charge in [-0.15, -0.1) is 0 Å². The van der Waals surface area contributed by atoms with Crippen molar-refractivity contribution in [3.63, 3.8) is 0 Å². The number of para-hydroxylation sites is 2. The lowest BCUT2D eigenvalue weighted by molar-refractivity contribution is -0.137. The molecule has 3 heterocycles. The Labute approximate surface area is 143 Å². The molecule has 126 valence electrons. The number of carbonyl (C=O) groups excluding carboxylic acids is 1. The van der Waals surface area contributed by atoms with Gasteiger partial charge in [0, 0.05) is 18.0 Å². The van der Waals surface area contributed by atoms with Crippen molar-refractivity contribution in [3.05, 3.63) is 54.6 Å². The molecule has 3 aromatic rings. The summed E-state index contributed by atoms with van der Waals surface area (Å²) in [5, 5.41) is 9.79. The molecule has 1 aliphatic heterocycles. The number of ether oxygens (including phenoxy) is 2. The van der Waals surface area contributed by atoms with E-state index >= 15 is 0 Å². The number of nitrogens with zero attached hydrogens (tertiary/aromatic N) is 3. The van der Waals surface area contributed by atoms with E-state index in [1.54, 1.807) is 31.5 Å². The summed E-state index contributed by atoms with van der Waals surface area (Å²) in [6.45, 7) is 1.80. The van der Waals surface area contributed by atoms with E-state index in [1.807, 2.05) is 24.3 Å². The van der Waals surface area contributed by atoms with Crippen molar-refractivity contribution in [3.8, 4) is 22.9 Å². The van der Waals surface area contributed by atoms with E-state index in [4.69, 9.17) is 9.47 Å². The molecule has 0 radical (unpaired) electrons. The van der Waals surface area contributed by atoms with Crippen LogP contribution < -0.4 is 14.8 Å². The number of aromatic nitrogens is 4. The van der Waals surface area contributed by atoms with Crippen molar-refractivity contribution in [2.75, 3.05) is 0 Å². The second kappa shape index (κ2) is 6.23. The molecule has 0 unspecified atom stereocenters. The monoisotopic (exact) mass is 337 g/mol. The third-order valence-corrected chi connectivity index (χ3v) is 3.72. The van der Waals surface area contributed by atoms with Crippen LogP contribution in [0.2, 0.25) is 0 Å². The fourth-order valence-corrected chi connectivity index (χ4v) is 2.45. The molecule has 2 N–H and O–H groups in total.